The summed E-state index contributed by atoms with van der Waals surface area (Å²) in [6.45, 7) is 0.138. The second-order valence-electron chi connectivity index (χ2n) is 4.47. The molecule has 1 aromatic heterocycles. The lowest BCUT2D eigenvalue weighted by Gasteiger charge is -2.12. The number of nitrogens with zero attached hydrogens (tertiary/aromatic N) is 3. The highest BCUT2D eigenvalue weighted by molar-refractivity contribution is 6.30. The van der Waals surface area contributed by atoms with E-state index in [1.807, 2.05) is 37.5 Å². The van der Waals surface area contributed by atoms with E-state index in [-0.39, 0.29) is 12.5 Å². The molecule has 0 aliphatic carbocycles. The van der Waals surface area contributed by atoms with Gasteiger partial charge in [-0.3, -0.25) is 4.68 Å². The van der Waals surface area contributed by atoms with Gasteiger partial charge < -0.3 is 5.11 Å². The Morgan fingerprint density at radius 3 is 2.56 bits per heavy atom. The lowest BCUT2D eigenvalue weighted by Crippen LogP contribution is -2.13. The number of halogens is 1. The SMILES string of the molecule is Cn1cc(CC(CO)Cc2ccc(Cl)cc2)nn1. The van der Waals surface area contributed by atoms with Crippen LogP contribution in [-0.2, 0) is 19.9 Å². The predicted molar refractivity (Wildman–Crippen MR) is 70.4 cm³/mol. The van der Waals surface area contributed by atoms with E-state index in [0.717, 1.165) is 23.6 Å². The van der Waals surface area contributed by atoms with Gasteiger partial charge in [0.05, 0.1) is 5.69 Å². The summed E-state index contributed by atoms with van der Waals surface area (Å²) in [5.41, 5.74) is 2.08. The van der Waals surface area contributed by atoms with Crippen LogP contribution in [0.5, 0.6) is 0 Å². The van der Waals surface area contributed by atoms with Crippen molar-refractivity contribution in [3.05, 3.63) is 46.7 Å². The molecule has 1 heterocycles. The maximum absolute atomic E-state index is 9.43. The summed E-state index contributed by atoms with van der Waals surface area (Å²) < 4.78 is 1.67. The maximum atomic E-state index is 9.43. The van der Waals surface area contributed by atoms with Gasteiger partial charge in [0.1, 0.15) is 0 Å². The number of aliphatic hydroxyl groups excluding tert-OH is 1. The van der Waals surface area contributed by atoms with E-state index in [1.165, 1.54) is 5.56 Å². The monoisotopic (exact) mass is 265 g/mol. The van der Waals surface area contributed by atoms with E-state index in [4.69, 9.17) is 11.6 Å². The number of hydrogen-bond donors (Lipinski definition) is 1. The summed E-state index contributed by atoms with van der Waals surface area (Å²) in [5, 5.41) is 18.1. The quantitative estimate of drug-likeness (QED) is 0.898. The van der Waals surface area contributed by atoms with Crippen LogP contribution in [0.3, 0.4) is 0 Å². The normalized spacial score (nSPS) is 12.6. The van der Waals surface area contributed by atoms with Gasteiger partial charge in [0.25, 0.3) is 0 Å². The summed E-state index contributed by atoms with van der Waals surface area (Å²) in [6, 6.07) is 7.71. The van der Waals surface area contributed by atoms with Crippen LogP contribution in [0, 0.1) is 5.92 Å². The van der Waals surface area contributed by atoms with Crippen LogP contribution in [0.25, 0.3) is 0 Å². The summed E-state index contributed by atoms with van der Waals surface area (Å²) in [7, 11) is 1.84. The molecule has 1 N–H and O–H groups in total. The topological polar surface area (TPSA) is 50.9 Å². The predicted octanol–water partition coefficient (Wildman–Crippen LogP) is 1.86. The van der Waals surface area contributed by atoms with Gasteiger partial charge in [-0.05, 0) is 36.5 Å². The molecule has 0 spiro atoms. The fourth-order valence-electron chi connectivity index (χ4n) is 1.94. The van der Waals surface area contributed by atoms with E-state index in [0.29, 0.717) is 0 Å². The minimum atomic E-state index is 0.138. The van der Waals surface area contributed by atoms with Crippen molar-refractivity contribution in [1.29, 1.82) is 0 Å². The average molecular weight is 266 g/mol. The first-order valence-electron chi connectivity index (χ1n) is 5.88. The third-order valence-corrected chi connectivity index (χ3v) is 3.10. The highest BCUT2D eigenvalue weighted by Gasteiger charge is 2.12. The Hall–Kier alpha value is -1.39. The molecule has 0 saturated heterocycles. The van der Waals surface area contributed by atoms with Gasteiger partial charge in [-0.25, -0.2) is 0 Å². The molecule has 0 bridgehead atoms. The van der Waals surface area contributed by atoms with Crippen LogP contribution in [0.4, 0.5) is 0 Å². The number of hydrogen-bond acceptors (Lipinski definition) is 3. The molecule has 5 heteroatoms. The highest BCUT2D eigenvalue weighted by atomic mass is 35.5. The molecule has 0 aliphatic heterocycles. The van der Waals surface area contributed by atoms with Crippen molar-refractivity contribution in [2.45, 2.75) is 12.8 Å². The summed E-state index contributed by atoms with van der Waals surface area (Å²) in [5.74, 6) is 0.155. The molecule has 1 aromatic carbocycles. The van der Waals surface area contributed by atoms with Gasteiger partial charge in [-0.15, -0.1) is 5.10 Å². The molecule has 0 fully saturated rings. The van der Waals surface area contributed by atoms with Crippen LogP contribution in [-0.4, -0.2) is 26.7 Å². The molecule has 96 valence electrons. The maximum Gasteiger partial charge on any atom is 0.0830 e. The Morgan fingerprint density at radius 1 is 1.28 bits per heavy atom. The molecular formula is C13H16ClN3O. The lowest BCUT2D eigenvalue weighted by atomic mass is 9.96. The zero-order valence-corrected chi connectivity index (χ0v) is 11.0. The second-order valence-corrected chi connectivity index (χ2v) is 4.90. The Kier molecular flexibility index (Phi) is 4.33. The molecule has 1 atom stereocenters. The molecule has 0 amide bonds. The van der Waals surface area contributed by atoms with E-state index in [1.54, 1.807) is 4.68 Å². The third kappa shape index (κ3) is 3.55. The smallest absolute Gasteiger partial charge is 0.0830 e. The highest BCUT2D eigenvalue weighted by Crippen LogP contribution is 2.15. The number of rotatable bonds is 5. The number of benzene rings is 1. The Bertz CT molecular complexity index is 495. The summed E-state index contributed by atoms with van der Waals surface area (Å²) in [6.07, 6.45) is 3.42. The summed E-state index contributed by atoms with van der Waals surface area (Å²) >= 11 is 5.84. The molecule has 1 unspecified atom stereocenters. The lowest BCUT2D eigenvalue weighted by molar-refractivity contribution is 0.224. The van der Waals surface area contributed by atoms with Crippen LogP contribution in [0.1, 0.15) is 11.3 Å². The molecule has 4 nitrogen and oxygen atoms in total. The minimum absolute atomic E-state index is 0.138. The molecule has 18 heavy (non-hydrogen) atoms. The standard InChI is InChI=1S/C13H16ClN3O/c1-17-8-13(15-16-17)7-11(9-18)6-10-2-4-12(14)5-3-10/h2-5,8,11,18H,6-7,9H2,1H3. The summed E-state index contributed by atoms with van der Waals surface area (Å²) in [4.78, 5) is 0. The van der Waals surface area contributed by atoms with Crippen molar-refractivity contribution in [2.24, 2.45) is 13.0 Å². The zero-order chi connectivity index (χ0) is 13.0. The van der Waals surface area contributed by atoms with Crippen molar-refractivity contribution in [1.82, 2.24) is 15.0 Å². The second kappa shape index (κ2) is 5.98. The fraction of sp³-hybridized carbons (Fsp3) is 0.385. The molecular weight excluding hydrogens is 250 g/mol. The van der Waals surface area contributed by atoms with Gasteiger partial charge in [0, 0.05) is 24.9 Å². The van der Waals surface area contributed by atoms with Crippen LogP contribution in [0.15, 0.2) is 30.5 Å². The van der Waals surface area contributed by atoms with Gasteiger partial charge in [0.2, 0.25) is 0 Å². The van der Waals surface area contributed by atoms with Crippen molar-refractivity contribution in [3.8, 4) is 0 Å². The van der Waals surface area contributed by atoms with Crippen molar-refractivity contribution < 1.29 is 5.11 Å². The van der Waals surface area contributed by atoms with Crippen molar-refractivity contribution in [2.75, 3.05) is 6.61 Å². The number of aryl methyl sites for hydroxylation is 1. The number of aliphatic hydroxyl groups is 1. The molecule has 0 aliphatic rings. The van der Waals surface area contributed by atoms with Gasteiger partial charge in [0.15, 0.2) is 0 Å². The van der Waals surface area contributed by atoms with Gasteiger partial charge in [-0.1, -0.05) is 28.9 Å². The number of aromatic nitrogens is 3. The van der Waals surface area contributed by atoms with E-state index in [9.17, 15) is 5.11 Å². The van der Waals surface area contributed by atoms with Gasteiger partial charge in [-0.2, -0.15) is 0 Å². The average Bonchev–Trinajstić information content (AvgIpc) is 2.77. The van der Waals surface area contributed by atoms with Crippen molar-refractivity contribution >= 4 is 11.6 Å². The Balaban J connectivity index is 1.99. The molecule has 2 rings (SSSR count). The largest absolute Gasteiger partial charge is 0.396 e. The van der Waals surface area contributed by atoms with E-state index >= 15 is 0 Å². The first-order chi connectivity index (χ1) is 8.67. The fourth-order valence-corrected chi connectivity index (χ4v) is 2.07. The van der Waals surface area contributed by atoms with E-state index < -0.39 is 0 Å². The first kappa shape index (κ1) is 13.1. The van der Waals surface area contributed by atoms with Crippen LogP contribution < -0.4 is 0 Å². The Labute approximate surface area is 111 Å². The molecule has 0 saturated carbocycles. The molecule has 0 radical (unpaired) electrons. The first-order valence-corrected chi connectivity index (χ1v) is 6.25. The minimum Gasteiger partial charge on any atom is -0.396 e. The molecule has 2 aromatic rings. The zero-order valence-electron chi connectivity index (χ0n) is 10.3. The third-order valence-electron chi connectivity index (χ3n) is 2.84. The van der Waals surface area contributed by atoms with Crippen molar-refractivity contribution in [3.63, 3.8) is 0 Å². The van der Waals surface area contributed by atoms with Crippen LogP contribution in [0.2, 0.25) is 5.02 Å². The van der Waals surface area contributed by atoms with Gasteiger partial charge >= 0.3 is 0 Å². The Morgan fingerprint density at radius 2 is 2.00 bits per heavy atom. The van der Waals surface area contributed by atoms with E-state index in [2.05, 4.69) is 10.3 Å². The van der Waals surface area contributed by atoms with Crippen LogP contribution >= 0.6 is 11.6 Å².